The molecular weight excluding hydrogens is 120 g/mol. The van der Waals surface area contributed by atoms with Gasteiger partial charge in [-0.05, 0) is 18.8 Å². The Balaban J connectivity index is 1.97. The molecule has 0 amide bonds. The van der Waals surface area contributed by atoms with Gasteiger partial charge in [-0.1, -0.05) is 0 Å². The Morgan fingerprint density at radius 1 is 1.67 bits per heavy atom. The molecule has 0 spiro atoms. The van der Waals surface area contributed by atoms with Crippen LogP contribution >= 0.6 is 0 Å². The van der Waals surface area contributed by atoms with E-state index in [4.69, 9.17) is 5.11 Å². The van der Waals surface area contributed by atoms with Gasteiger partial charge in [-0.2, -0.15) is 0 Å². The highest BCUT2D eigenvalue weighted by Crippen LogP contribution is 2.26. The SMILES string of the molecule is O=COC[C@H]1C[C@@H](O)C1. The number of carbonyl (C=O) groups excluding carboxylic acids is 1. The van der Waals surface area contributed by atoms with Crippen molar-refractivity contribution in [3.63, 3.8) is 0 Å². The first-order chi connectivity index (χ1) is 4.33. The average Bonchev–Trinajstić information content (AvgIpc) is 1.78. The molecule has 0 aromatic heterocycles. The summed E-state index contributed by atoms with van der Waals surface area (Å²) in [4.78, 5) is 9.65. The molecule has 3 nitrogen and oxygen atoms in total. The zero-order valence-electron chi connectivity index (χ0n) is 5.12. The molecule has 0 aromatic carbocycles. The van der Waals surface area contributed by atoms with Crippen molar-refractivity contribution in [3.8, 4) is 0 Å². The van der Waals surface area contributed by atoms with Crippen LogP contribution in [0, 0.1) is 5.92 Å². The highest BCUT2D eigenvalue weighted by atomic mass is 16.5. The number of aliphatic hydroxyl groups is 1. The molecule has 0 heterocycles. The Hall–Kier alpha value is -0.570. The standard InChI is InChI=1S/C6H10O3/c7-4-9-3-5-1-6(8)2-5/h4-6,8H,1-3H2/t5-,6+. The van der Waals surface area contributed by atoms with Crippen molar-refractivity contribution in [2.24, 2.45) is 5.92 Å². The first-order valence-electron chi connectivity index (χ1n) is 3.06. The number of hydrogen-bond donors (Lipinski definition) is 1. The normalized spacial score (nSPS) is 33.0. The maximum Gasteiger partial charge on any atom is 0.293 e. The lowest BCUT2D eigenvalue weighted by molar-refractivity contribution is -0.132. The van der Waals surface area contributed by atoms with Gasteiger partial charge in [0.15, 0.2) is 0 Å². The van der Waals surface area contributed by atoms with Gasteiger partial charge in [0, 0.05) is 0 Å². The van der Waals surface area contributed by atoms with Gasteiger partial charge in [-0.25, -0.2) is 0 Å². The molecule has 3 heteroatoms. The summed E-state index contributed by atoms with van der Waals surface area (Å²) in [7, 11) is 0. The monoisotopic (exact) mass is 130 g/mol. The number of carbonyl (C=O) groups is 1. The van der Waals surface area contributed by atoms with Gasteiger partial charge in [0.25, 0.3) is 6.47 Å². The molecule has 1 saturated carbocycles. The summed E-state index contributed by atoms with van der Waals surface area (Å²) in [5.41, 5.74) is 0. The third kappa shape index (κ3) is 1.68. The number of ether oxygens (including phenoxy) is 1. The van der Waals surface area contributed by atoms with Crippen LogP contribution in [0.3, 0.4) is 0 Å². The molecule has 0 aromatic rings. The van der Waals surface area contributed by atoms with Crippen LogP contribution in [-0.4, -0.2) is 24.3 Å². The average molecular weight is 130 g/mol. The lowest BCUT2D eigenvalue weighted by Gasteiger charge is -2.29. The van der Waals surface area contributed by atoms with Gasteiger partial charge in [-0.3, -0.25) is 4.79 Å². The molecule has 0 saturated heterocycles. The van der Waals surface area contributed by atoms with Gasteiger partial charge in [0.1, 0.15) is 0 Å². The van der Waals surface area contributed by atoms with Crippen LogP contribution in [0.2, 0.25) is 0 Å². The van der Waals surface area contributed by atoms with Gasteiger partial charge in [-0.15, -0.1) is 0 Å². The lowest BCUT2D eigenvalue weighted by atomic mass is 9.83. The predicted octanol–water partition coefficient (Wildman–Crippen LogP) is -0.0697. The highest BCUT2D eigenvalue weighted by Gasteiger charge is 2.27. The van der Waals surface area contributed by atoms with E-state index in [-0.39, 0.29) is 6.10 Å². The maximum atomic E-state index is 9.65. The molecule has 0 unspecified atom stereocenters. The molecule has 1 aliphatic carbocycles. The molecule has 1 fully saturated rings. The van der Waals surface area contributed by atoms with Crippen molar-refractivity contribution < 1.29 is 14.6 Å². The minimum Gasteiger partial charge on any atom is -0.468 e. The van der Waals surface area contributed by atoms with Crippen LogP contribution in [0.4, 0.5) is 0 Å². The van der Waals surface area contributed by atoms with Crippen LogP contribution in [0.5, 0.6) is 0 Å². The third-order valence-corrected chi connectivity index (χ3v) is 1.61. The summed E-state index contributed by atoms with van der Waals surface area (Å²) in [6, 6.07) is 0. The molecule has 0 radical (unpaired) electrons. The molecular formula is C6H10O3. The van der Waals surface area contributed by atoms with Crippen molar-refractivity contribution in [1.29, 1.82) is 0 Å². The summed E-state index contributed by atoms with van der Waals surface area (Å²) in [5, 5.41) is 8.77. The van der Waals surface area contributed by atoms with Gasteiger partial charge >= 0.3 is 0 Å². The van der Waals surface area contributed by atoms with Crippen LogP contribution in [0.1, 0.15) is 12.8 Å². The van der Waals surface area contributed by atoms with Crippen molar-refractivity contribution in [2.45, 2.75) is 18.9 Å². The summed E-state index contributed by atoms with van der Waals surface area (Å²) in [6.07, 6.45) is 1.42. The Morgan fingerprint density at radius 2 is 2.33 bits per heavy atom. The van der Waals surface area contributed by atoms with E-state index in [0.717, 1.165) is 12.8 Å². The smallest absolute Gasteiger partial charge is 0.293 e. The van der Waals surface area contributed by atoms with Crippen LogP contribution in [0.25, 0.3) is 0 Å². The van der Waals surface area contributed by atoms with E-state index >= 15 is 0 Å². The van der Waals surface area contributed by atoms with E-state index in [1.807, 2.05) is 0 Å². The topological polar surface area (TPSA) is 46.5 Å². The minimum atomic E-state index is -0.148. The van der Waals surface area contributed by atoms with E-state index in [0.29, 0.717) is 19.0 Å². The quantitative estimate of drug-likeness (QED) is 0.544. The summed E-state index contributed by atoms with van der Waals surface area (Å²) < 4.78 is 4.49. The molecule has 0 atom stereocenters. The molecule has 0 aliphatic heterocycles. The summed E-state index contributed by atoms with van der Waals surface area (Å²) >= 11 is 0. The summed E-state index contributed by atoms with van der Waals surface area (Å²) in [6.45, 7) is 0.922. The van der Waals surface area contributed by atoms with E-state index in [1.54, 1.807) is 0 Å². The molecule has 1 aliphatic rings. The maximum absolute atomic E-state index is 9.65. The van der Waals surface area contributed by atoms with Crippen LogP contribution in [-0.2, 0) is 9.53 Å². The fourth-order valence-corrected chi connectivity index (χ4v) is 1.01. The van der Waals surface area contributed by atoms with Gasteiger partial charge < -0.3 is 9.84 Å². The largest absolute Gasteiger partial charge is 0.468 e. The van der Waals surface area contributed by atoms with E-state index in [9.17, 15) is 4.79 Å². The molecule has 1 N–H and O–H groups in total. The van der Waals surface area contributed by atoms with Crippen molar-refractivity contribution in [3.05, 3.63) is 0 Å². The van der Waals surface area contributed by atoms with Crippen molar-refractivity contribution >= 4 is 6.47 Å². The molecule has 0 bridgehead atoms. The van der Waals surface area contributed by atoms with Crippen LogP contribution in [0.15, 0.2) is 0 Å². The lowest BCUT2D eigenvalue weighted by Crippen LogP contribution is -2.31. The first kappa shape index (κ1) is 6.55. The predicted molar refractivity (Wildman–Crippen MR) is 30.7 cm³/mol. The van der Waals surface area contributed by atoms with E-state index < -0.39 is 0 Å². The zero-order valence-corrected chi connectivity index (χ0v) is 5.12. The number of rotatable bonds is 3. The number of hydrogen-bond acceptors (Lipinski definition) is 3. The van der Waals surface area contributed by atoms with Crippen LogP contribution < -0.4 is 0 Å². The Morgan fingerprint density at radius 3 is 2.78 bits per heavy atom. The fraction of sp³-hybridized carbons (Fsp3) is 0.833. The second kappa shape index (κ2) is 2.82. The minimum absolute atomic E-state index is 0.148. The Kier molecular flexibility index (Phi) is 2.05. The molecule has 52 valence electrons. The second-order valence-electron chi connectivity index (χ2n) is 2.42. The second-order valence-corrected chi connectivity index (χ2v) is 2.42. The zero-order chi connectivity index (χ0) is 6.69. The molecule has 9 heavy (non-hydrogen) atoms. The Labute approximate surface area is 53.6 Å². The third-order valence-electron chi connectivity index (χ3n) is 1.61. The van der Waals surface area contributed by atoms with Gasteiger partial charge in [0.2, 0.25) is 0 Å². The highest BCUT2D eigenvalue weighted by molar-refractivity contribution is 5.36. The first-order valence-corrected chi connectivity index (χ1v) is 3.06. The van der Waals surface area contributed by atoms with E-state index in [2.05, 4.69) is 4.74 Å². The Bertz CT molecular complexity index is 96.5. The molecule has 1 rings (SSSR count). The van der Waals surface area contributed by atoms with Gasteiger partial charge in [0.05, 0.1) is 12.7 Å². The van der Waals surface area contributed by atoms with Crippen molar-refractivity contribution in [2.75, 3.05) is 6.61 Å². The summed E-state index contributed by atoms with van der Waals surface area (Å²) in [5.74, 6) is 0.408. The number of aliphatic hydroxyl groups excluding tert-OH is 1. The van der Waals surface area contributed by atoms with E-state index in [1.165, 1.54) is 0 Å². The fourth-order valence-electron chi connectivity index (χ4n) is 1.01. The van der Waals surface area contributed by atoms with Crippen molar-refractivity contribution in [1.82, 2.24) is 0 Å².